The van der Waals surface area contributed by atoms with E-state index < -0.39 is 6.04 Å². The van der Waals surface area contributed by atoms with Crippen LogP contribution in [0.2, 0.25) is 0 Å². The highest BCUT2D eigenvalue weighted by Gasteiger charge is 2.34. The molecule has 1 atom stereocenters. The van der Waals surface area contributed by atoms with Gasteiger partial charge in [0, 0.05) is 30.8 Å². The van der Waals surface area contributed by atoms with Gasteiger partial charge in [-0.3, -0.25) is 14.4 Å². The van der Waals surface area contributed by atoms with Crippen molar-refractivity contribution in [3.8, 4) is 11.5 Å². The summed E-state index contributed by atoms with van der Waals surface area (Å²) in [5.74, 6) is 0.498. The molecule has 0 aliphatic carbocycles. The van der Waals surface area contributed by atoms with Gasteiger partial charge >= 0.3 is 0 Å². The number of carbonyl (C=O) groups is 3. The molecular weight excluding hydrogens is 422 g/mol. The molecule has 1 unspecified atom stereocenters. The fraction of sp³-hybridized carbons (Fsp3) is 0.400. The van der Waals surface area contributed by atoms with Crippen LogP contribution < -0.4 is 20.1 Å². The van der Waals surface area contributed by atoms with Crippen molar-refractivity contribution in [3.63, 3.8) is 0 Å². The molecule has 2 aromatic rings. The summed E-state index contributed by atoms with van der Waals surface area (Å²) in [6.07, 6.45) is 2.06. The summed E-state index contributed by atoms with van der Waals surface area (Å²) in [6.45, 7) is 3.73. The average Bonchev–Trinajstić information content (AvgIpc) is 3.34. The molecule has 3 amide bonds. The van der Waals surface area contributed by atoms with Gasteiger partial charge in [0.05, 0.1) is 0 Å². The summed E-state index contributed by atoms with van der Waals surface area (Å²) in [7, 11) is 0. The Labute approximate surface area is 193 Å². The molecule has 1 saturated heterocycles. The number of piperidine rings is 1. The van der Waals surface area contributed by atoms with Gasteiger partial charge in [0.15, 0.2) is 11.5 Å². The summed E-state index contributed by atoms with van der Waals surface area (Å²) < 4.78 is 10.7. The SMILES string of the molecule is CCCNC(=O)C(NC(=O)c1ccc2c(c1)OCO2)C1CCN(C(=O)c2ccccc2)CC1. The Kier molecular flexibility index (Phi) is 7.12. The van der Waals surface area contributed by atoms with Gasteiger partial charge in [-0.25, -0.2) is 0 Å². The number of hydrogen-bond donors (Lipinski definition) is 2. The molecule has 2 aromatic carbocycles. The molecule has 4 rings (SSSR count). The van der Waals surface area contributed by atoms with E-state index in [1.54, 1.807) is 30.3 Å². The van der Waals surface area contributed by atoms with E-state index in [2.05, 4.69) is 10.6 Å². The van der Waals surface area contributed by atoms with Crippen molar-refractivity contribution in [1.29, 1.82) is 0 Å². The number of nitrogens with zero attached hydrogens (tertiary/aromatic N) is 1. The summed E-state index contributed by atoms with van der Waals surface area (Å²) in [4.78, 5) is 40.5. The average molecular weight is 452 g/mol. The molecule has 0 aromatic heterocycles. The second-order valence-electron chi connectivity index (χ2n) is 8.31. The molecule has 2 N–H and O–H groups in total. The Morgan fingerprint density at radius 3 is 2.45 bits per heavy atom. The minimum Gasteiger partial charge on any atom is -0.454 e. The zero-order valence-electron chi connectivity index (χ0n) is 18.7. The molecule has 2 aliphatic rings. The molecule has 1 fully saturated rings. The highest BCUT2D eigenvalue weighted by molar-refractivity contribution is 5.98. The van der Waals surface area contributed by atoms with Crippen LogP contribution in [0.3, 0.4) is 0 Å². The first kappa shape index (κ1) is 22.6. The zero-order valence-corrected chi connectivity index (χ0v) is 18.7. The molecule has 2 aliphatic heterocycles. The topological polar surface area (TPSA) is 97.0 Å². The van der Waals surface area contributed by atoms with Gasteiger partial charge in [0.2, 0.25) is 12.7 Å². The van der Waals surface area contributed by atoms with Crippen LogP contribution in [-0.4, -0.2) is 55.1 Å². The maximum atomic E-state index is 13.0. The van der Waals surface area contributed by atoms with Gasteiger partial charge in [-0.1, -0.05) is 25.1 Å². The number of carbonyl (C=O) groups excluding carboxylic acids is 3. The first-order valence-electron chi connectivity index (χ1n) is 11.4. The molecule has 8 heteroatoms. The highest BCUT2D eigenvalue weighted by Crippen LogP contribution is 2.32. The molecule has 0 radical (unpaired) electrons. The number of fused-ring (bicyclic) bond motifs is 1. The lowest BCUT2D eigenvalue weighted by atomic mass is 9.88. The largest absolute Gasteiger partial charge is 0.454 e. The first-order chi connectivity index (χ1) is 16.1. The zero-order chi connectivity index (χ0) is 23.2. The highest BCUT2D eigenvalue weighted by atomic mass is 16.7. The molecule has 0 spiro atoms. The fourth-order valence-electron chi connectivity index (χ4n) is 4.22. The van der Waals surface area contributed by atoms with E-state index in [0.717, 1.165) is 6.42 Å². The number of hydrogen-bond acceptors (Lipinski definition) is 5. The maximum Gasteiger partial charge on any atom is 0.253 e. The third-order valence-electron chi connectivity index (χ3n) is 6.07. The molecular formula is C25H29N3O5. The van der Waals surface area contributed by atoms with Gasteiger partial charge < -0.3 is 25.0 Å². The Balaban J connectivity index is 1.43. The lowest BCUT2D eigenvalue weighted by Crippen LogP contribution is -2.54. The van der Waals surface area contributed by atoms with E-state index in [1.807, 2.05) is 30.0 Å². The Hall–Kier alpha value is -3.55. The number of rotatable bonds is 7. The Morgan fingerprint density at radius 1 is 1.00 bits per heavy atom. The molecule has 0 bridgehead atoms. The Morgan fingerprint density at radius 2 is 1.73 bits per heavy atom. The van der Waals surface area contributed by atoms with E-state index in [-0.39, 0.29) is 30.4 Å². The van der Waals surface area contributed by atoms with E-state index in [9.17, 15) is 14.4 Å². The first-order valence-corrected chi connectivity index (χ1v) is 11.4. The van der Waals surface area contributed by atoms with Crippen LogP contribution in [0.5, 0.6) is 11.5 Å². The van der Waals surface area contributed by atoms with E-state index in [4.69, 9.17) is 9.47 Å². The van der Waals surface area contributed by atoms with Gasteiger partial charge in [-0.05, 0) is 55.5 Å². The van der Waals surface area contributed by atoms with Crippen molar-refractivity contribution in [2.45, 2.75) is 32.2 Å². The van der Waals surface area contributed by atoms with Crippen LogP contribution in [-0.2, 0) is 4.79 Å². The monoisotopic (exact) mass is 451 g/mol. The minimum absolute atomic E-state index is 0.00886. The van der Waals surface area contributed by atoms with Crippen LogP contribution in [0.15, 0.2) is 48.5 Å². The van der Waals surface area contributed by atoms with E-state index in [0.29, 0.717) is 55.1 Å². The molecule has 2 heterocycles. The normalized spacial score (nSPS) is 16.2. The molecule has 174 valence electrons. The minimum atomic E-state index is -0.677. The molecule has 33 heavy (non-hydrogen) atoms. The Bertz CT molecular complexity index is 1000. The summed E-state index contributed by atoms with van der Waals surface area (Å²) in [5, 5.41) is 5.84. The number of likely N-dealkylation sites (tertiary alicyclic amines) is 1. The van der Waals surface area contributed by atoms with E-state index in [1.165, 1.54) is 0 Å². The van der Waals surface area contributed by atoms with Crippen molar-refractivity contribution in [3.05, 3.63) is 59.7 Å². The summed E-state index contributed by atoms with van der Waals surface area (Å²) in [6, 6.07) is 13.5. The number of amides is 3. The molecule has 0 saturated carbocycles. The van der Waals surface area contributed by atoms with Gasteiger partial charge in [0.1, 0.15) is 6.04 Å². The van der Waals surface area contributed by atoms with Crippen LogP contribution in [0.1, 0.15) is 46.9 Å². The van der Waals surface area contributed by atoms with Crippen LogP contribution in [0.25, 0.3) is 0 Å². The molecule has 8 nitrogen and oxygen atoms in total. The van der Waals surface area contributed by atoms with Crippen molar-refractivity contribution in [1.82, 2.24) is 15.5 Å². The quantitative estimate of drug-likeness (QED) is 0.675. The standard InChI is InChI=1S/C25H29N3O5/c1-2-12-26-24(30)22(27-23(29)19-8-9-20-21(15-19)33-16-32-20)17-10-13-28(14-11-17)25(31)18-6-4-3-5-7-18/h3-9,15,17,22H,2,10-14,16H2,1H3,(H,26,30)(H,27,29). The van der Waals surface area contributed by atoms with Crippen molar-refractivity contribution in [2.75, 3.05) is 26.4 Å². The number of nitrogens with one attached hydrogen (secondary N) is 2. The fourth-order valence-corrected chi connectivity index (χ4v) is 4.22. The third kappa shape index (κ3) is 5.27. The van der Waals surface area contributed by atoms with Crippen molar-refractivity contribution in [2.24, 2.45) is 5.92 Å². The predicted molar refractivity (Wildman–Crippen MR) is 122 cm³/mol. The lowest BCUT2D eigenvalue weighted by Gasteiger charge is -2.36. The summed E-state index contributed by atoms with van der Waals surface area (Å²) in [5.41, 5.74) is 1.06. The maximum absolute atomic E-state index is 13.0. The number of benzene rings is 2. The van der Waals surface area contributed by atoms with Crippen molar-refractivity contribution >= 4 is 17.7 Å². The van der Waals surface area contributed by atoms with Crippen molar-refractivity contribution < 1.29 is 23.9 Å². The third-order valence-corrected chi connectivity index (χ3v) is 6.07. The lowest BCUT2D eigenvalue weighted by molar-refractivity contribution is -0.124. The second kappa shape index (κ2) is 10.4. The summed E-state index contributed by atoms with van der Waals surface area (Å²) >= 11 is 0. The van der Waals surface area contributed by atoms with Crippen LogP contribution in [0, 0.1) is 5.92 Å². The van der Waals surface area contributed by atoms with Gasteiger partial charge in [-0.15, -0.1) is 0 Å². The van der Waals surface area contributed by atoms with Gasteiger partial charge in [0.25, 0.3) is 11.8 Å². The smallest absolute Gasteiger partial charge is 0.253 e. The van der Waals surface area contributed by atoms with E-state index >= 15 is 0 Å². The van der Waals surface area contributed by atoms with Gasteiger partial charge in [-0.2, -0.15) is 0 Å². The second-order valence-corrected chi connectivity index (χ2v) is 8.31. The van der Waals surface area contributed by atoms with Crippen LogP contribution in [0.4, 0.5) is 0 Å². The van der Waals surface area contributed by atoms with Crippen LogP contribution >= 0.6 is 0 Å². The predicted octanol–water partition coefficient (Wildman–Crippen LogP) is 2.59. The number of ether oxygens (including phenoxy) is 2.